The molecule has 1 heterocycles. The van der Waals surface area contributed by atoms with Crippen LogP contribution in [-0.4, -0.2) is 23.8 Å². The lowest BCUT2D eigenvalue weighted by atomic mass is 9.76. The molecule has 2 aromatic rings. The van der Waals surface area contributed by atoms with E-state index in [4.69, 9.17) is 0 Å². The molecule has 156 valence electrons. The Morgan fingerprint density at radius 3 is 2.47 bits per heavy atom. The van der Waals surface area contributed by atoms with E-state index < -0.39 is 4.92 Å². The number of amides is 2. The van der Waals surface area contributed by atoms with Gasteiger partial charge in [0.15, 0.2) is 0 Å². The summed E-state index contributed by atoms with van der Waals surface area (Å²) >= 11 is 0. The van der Waals surface area contributed by atoms with Crippen molar-refractivity contribution >= 4 is 28.9 Å². The molecule has 30 heavy (non-hydrogen) atoms. The van der Waals surface area contributed by atoms with Crippen LogP contribution in [-0.2, 0) is 16.1 Å². The Labute approximate surface area is 175 Å². The fraction of sp³-hybridized carbons (Fsp3) is 0.391. The summed E-state index contributed by atoms with van der Waals surface area (Å²) in [5.41, 5.74) is 1.64. The smallest absolute Gasteiger partial charge is 0.294 e. The standard InChI is InChI=1S/C23H25N3O4/c1-15-8-10-18-19(12-15)23(28)25(22(18)27)17-9-11-20(21(13-17)26(29)30)24(2)14-16-6-4-3-5-7-16/h3-7,9,11,13,15,18-19H,8,10,12,14H2,1-2H3/t15-,18+,19-/m1/s1. The topological polar surface area (TPSA) is 83.8 Å². The Morgan fingerprint density at radius 1 is 1.07 bits per heavy atom. The molecule has 2 fully saturated rings. The molecule has 1 aliphatic carbocycles. The number of hydrogen-bond donors (Lipinski definition) is 0. The second-order valence-electron chi connectivity index (χ2n) is 8.41. The molecule has 0 aromatic heterocycles. The molecule has 1 saturated heterocycles. The summed E-state index contributed by atoms with van der Waals surface area (Å²) in [6.45, 7) is 2.60. The number of imide groups is 1. The maximum atomic E-state index is 13.0. The van der Waals surface area contributed by atoms with Gasteiger partial charge in [0.05, 0.1) is 22.4 Å². The molecule has 1 aliphatic heterocycles. The van der Waals surface area contributed by atoms with Crippen molar-refractivity contribution in [2.75, 3.05) is 16.8 Å². The van der Waals surface area contributed by atoms with Gasteiger partial charge in [-0.05, 0) is 42.9 Å². The van der Waals surface area contributed by atoms with Crippen LogP contribution < -0.4 is 9.80 Å². The molecule has 0 spiro atoms. The molecule has 0 N–H and O–H groups in total. The minimum Gasteiger partial charge on any atom is -0.365 e. The van der Waals surface area contributed by atoms with E-state index >= 15 is 0 Å². The van der Waals surface area contributed by atoms with Crippen LogP contribution in [0.15, 0.2) is 48.5 Å². The molecule has 3 atom stereocenters. The van der Waals surface area contributed by atoms with Gasteiger partial charge in [-0.1, -0.05) is 37.3 Å². The fourth-order valence-electron chi connectivity index (χ4n) is 4.71. The number of carbonyl (C=O) groups is 2. The van der Waals surface area contributed by atoms with Gasteiger partial charge in [-0.15, -0.1) is 0 Å². The van der Waals surface area contributed by atoms with E-state index in [1.54, 1.807) is 24.1 Å². The average molecular weight is 407 g/mol. The van der Waals surface area contributed by atoms with Crippen molar-refractivity contribution in [3.63, 3.8) is 0 Å². The Hall–Kier alpha value is -3.22. The normalized spacial score (nSPS) is 23.4. The fourth-order valence-corrected chi connectivity index (χ4v) is 4.71. The molecule has 4 rings (SSSR count). The summed E-state index contributed by atoms with van der Waals surface area (Å²) < 4.78 is 0. The van der Waals surface area contributed by atoms with Crippen LogP contribution in [0.2, 0.25) is 0 Å². The van der Waals surface area contributed by atoms with Crippen LogP contribution in [0.5, 0.6) is 0 Å². The molecule has 1 saturated carbocycles. The second kappa shape index (κ2) is 7.89. The van der Waals surface area contributed by atoms with E-state index in [1.165, 1.54) is 11.0 Å². The van der Waals surface area contributed by atoms with Gasteiger partial charge in [0.1, 0.15) is 5.69 Å². The van der Waals surface area contributed by atoms with Crippen molar-refractivity contribution in [2.24, 2.45) is 17.8 Å². The first kappa shape index (κ1) is 20.1. The molecule has 7 nitrogen and oxygen atoms in total. The molecule has 0 radical (unpaired) electrons. The lowest BCUT2D eigenvalue weighted by molar-refractivity contribution is -0.384. The van der Waals surface area contributed by atoms with Gasteiger partial charge < -0.3 is 4.90 Å². The predicted molar refractivity (Wildman–Crippen MR) is 114 cm³/mol. The average Bonchev–Trinajstić information content (AvgIpc) is 2.98. The van der Waals surface area contributed by atoms with Gasteiger partial charge in [0.25, 0.3) is 5.69 Å². The van der Waals surface area contributed by atoms with Gasteiger partial charge in [0, 0.05) is 19.7 Å². The van der Waals surface area contributed by atoms with E-state index in [0.29, 0.717) is 31.0 Å². The lowest BCUT2D eigenvalue weighted by Crippen LogP contribution is -2.31. The van der Waals surface area contributed by atoms with Crippen molar-refractivity contribution in [1.29, 1.82) is 0 Å². The van der Waals surface area contributed by atoms with Gasteiger partial charge in [-0.25, -0.2) is 4.90 Å². The Kier molecular flexibility index (Phi) is 5.28. The van der Waals surface area contributed by atoms with E-state index in [9.17, 15) is 19.7 Å². The summed E-state index contributed by atoms with van der Waals surface area (Å²) in [4.78, 5) is 40.2. The van der Waals surface area contributed by atoms with Gasteiger partial charge >= 0.3 is 0 Å². The molecular formula is C23H25N3O4. The van der Waals surface area contributed by atoms with Crippen molar-refractivity contribution in [1.82, 2.24) is 0 Å². The number of benzene rings is 2. The summed E-state index contributed by atoms with van der Waals surface area (Å²) in [7, 11) is 1.79. The third-order valence-electron chi connectivity index (χ3n) is 6.28. The van der Waals surface area contributed by atoms with Gasteiger partial charge in [-0.3, -0.25) is 19.7 Å². The van der Waals surface area contributed by atoms with Crippen LogP contribution in [0.3, 0.4) is 0 Å². The molecule has 2 aliphatic rings. The van der Waals surface area contributed by atoms with Crippen molar-refractivity contribution in [3.05, 3.63) is 64.2 Å². The zero-order chi connectivity index (χ0) is 21.4. The number of anilines is 2. The molecule has 7 heteroatoms. The third-order valence-corrected chi connectivity index (χ3v) is 6.28. The van der Waals surface area contributed by atoms with E-state index in [2.05, 4.69) is 6.92 Å². The highest BCUT2D eigenvalue weighted by Crippen LogP contribution is 2.43. The quantitative estimate of drug-likeness (QED) is 0.422. The Balaban J connectivity index is 1.64. The highest BCUT2D eigenvalue weighted by atomic mass is 16.6. The third kappa shape index (κ3) is 3.56. The monoisotopic (exact) mass is 407 g/mol. The summed E-state index contributed by atoms with van der Waals surface area (Å²) in [5.74, 6) is -0.645. The van der Waals surface area contributed by atoms with Gasteiger partial charge in [0.2, 0.25) is 11.8 Å². The zero-order valence-corrected chi connectivity index (χ0v) is 17.2. The van der Waals surface area contributed by atoms with Gasteiger partial charge in [-0.2, -0.15) is 0 Å². The molecule has 0 unspecified atom stereocenters. The van der Waals surface area contributed by atoms with Crippen molar-refractivity contribution < 1.29 is 14.5 Å². The SMILES string of the molecule is C[C@@H]1CC[C@@H]2C(=O)N(c3ccc(N(C)Cc4ccccc4)c([N+](=O)[O-])c3)C(=O)[C@@H]2C1. The maximum absolute atomic E-state index is 13.0. The predicted octanol–water partition coefficient (Wildman–Crippen LogP) is 4.16. The first-order chi connectivity index (χ1) is 14.4. The Morgan fingerprint density at radius 2 is 1.77 bits per heavy atom. The highest BCUT2D eigenvalue weighted by molar-refractivity contribution is 6.22. The van der Waals surface area contributed by atoms with E-state index in [0.717, 1.165) is 12.0 Å². The number of hydrogen-bond acceptors (Lipinski definition) is 5. The summed E-state index contributed by atoms with van der Waals surface area (Å²) in [6, 6.07) is 14.3. The number of carbonyl (C=O) groups excluding carboxylic acids is 2. The number of nitro groups is 1. The van der Waals surface area contributed by atoms with E-state index in [-0.39, 0.29) is 35.0 Å². The lowest BCUT2D eigenvalue weighted by Gasteiger charge is -2.25. The maximum Gasteiger partial charge on any atom is 0.294 e. The molecule has 2 amide bonds. The number of rotatable bonds is 5. The highest BCUT2D eigenvalue weighted by Gasteiger charge is 2.50. The molecular weight excluding hydrogens is 382 g/mol. The summed E-state index contributed by atoms with van der Waals surface area (Å²) in [5, 5.41) is 11.8. The number of nitrogens with zero attached hydrogens (tertiary/aromatic N) is 3. The Bertz CT molecular complexity index is 991. The largest absolute Gasteiger partial charge is 0.365 e. The number of nitro benzene ring substituents is 1. The van der Waals surface area contributed by atoms with Crippen molar-refractivity contribution in [2.45, 2.75) is 32.7 Å². The summed E-state index contributed by atoms with van der Waals surface area (Å²) in [6.07, 6.45) is 2.33. The van der Waals surface area contributed by atoms with Crippen molar-refractivity contribution in [3.8, 4) is 0 Å². The zero-order valence-electron chi connectivity index (χ0n) is 17.2. The van der Waals surface area contributed by atoms with E-state index in [1.807, 2.05) is 30.3 Å². The first-order valence-electron chi connectivity index (χ1n) is 10.3. The minimum atomic E-state index is -0.458. The van der Waals surface area contributed by atoms with Crippen LogP contribution in [0.4, 0.5) is 17.1 Å². The van der Waals surface area contributed by atoms with Crippen LogP contribution in [0, 0.1) is 27.9 Å². The molecule has 0 bridgehead atoms. The molecule has 2 aromatic carbocycles. The number of fused-ring (bicyclic) bond motifs is 1. The van der Waals surface area contributed by atoms with Crippen LogP contribution in [0.25, 0.3) is 0 Å². The first-order valence-corrected chi connectivity index (χ1v) is 10.3. The van der Waals surface area contributed by atoms with Crippen LogP contribution >= 0.6 is 0 Å². The minimum absolute atomic E-state index is 0.116. The van der Waals surface area contributed by atoms with Crippen LogP contribution in [0.1, 0.15) is 31.7 Å². The second-order valence-corrected chi connectivity index (χ2v) is 8.41.